The molecule has 11 heteroatoms. The first kappa shape index (κ1) is 22.5. The average Bonchev–Trinajstić information content (AvgIpc) is 3.19. The molecule has 9 nitrogen and oxygen atoms in total. The maximum absolute atomic E-state index is 15.0. The number of carbonyl (C=O) groups excluding carboxylic acids is 1. The third-order valence-corrected chi connectivity index (χ3v) is 5.63. The Morgan fingerprint density at radius 1 is 1.00 bits per heavy atom. The molecule has 1 aliphatic heterocycles. The van der Waals surface area contributed by atoms with Gasteiger partial charge in [-0.25, -0.2) is 18.7 Å². The molecule has 5 rings (SSSR count). The number of amides is 1. The molecule has 0 radical (unpaired) electrons. The lowest BCUT2D eigenvalue weighted by atomic mass is 10.1. The molecule has 3 N–H and O–H groups in total. The summed E-state index contributed by atoms with van der Waals surface area (Å²) in [6.45, 7) is 2.12. The minimum Gasteiger partial charge on any atom is -0.414 e. The fraction of sp³-hybridized carbons (Fsp3) is 0.208. The van der Waals surface area contributed by atoms with Crippen LogP contribution in [-0.2, 0) is 0 Å². The summed E-state index contributed by atoms with van der Waals surface area (Å²) in [5.41, 5.74) is 6.37. The van der Waals surface area contributed by atoms with Crippen molar-refractivity contribution in [2.24, 2.45) is 0 Å². The summed E-state index contributed by atoms with van der Waals surface area (Å²) < 4.78 is 35.7. The number of nitrogens with one attached hydrogen (secondary N) is 1. The van der Waals surface area contributed by atoms with E-state index in [0.29, 0.717) is 31.6 Å². The number of nitrogens with zero attached hydrogens (tertiary/aromatic N) is 5. The Morgan fingerprint density at radius 3 is 2.51 bits per heavy atom. The van der Waals surface area contributed by atoms with Gasteiger partial charge < -0.3 is 20.4 Å². The molecule has 1 fully saturated rings. The number of carbonyl (C=O) groups is 1. The third-order valence-electron chi connectivity index (χ3n) is 5.63. The van der Waals surface area contributed by atoms with E-state index in [1.54, 1.807) is 12.1 Å². The smallest absolute Gasteiger partial charge is 0.270 e. The van der Waals surface area contributed by atoms with E-state index in [0.717, 1.165) is 18.7 Å². The molecule has 0 aliphatic carbocycles. The van der Waals surface area contributed by atoms with Crippen molar-refractivity contribution in [3.63, 3.8) is 0 Å². The second-order valence-electron chi connectivity index (χ2n) is 7.98. The zero-order chi connectivity index (χ0) is 24.4. The van der Waals surface area contributed by atoms with Crippen LogP contribution in [0.3, 0.4) is 0 Å². The lowest BCUT2D eigenvalue weighted by molar-refractivity contribution is 0.0756. The van der Waals surface area contributed by atoms with Gasteiger partial charge in [0.15, 0.2) is 11.5 Å². The van der Waals surface area contributed by atoms with E-state index in [2.05, 4.69) is 25.5 Å². The second kappa shape index (κ2) is 9.55. The summed E-state index contributed by atoms with van der Waals surface area (Å²) in [6, 6.07) is 11.2. The highest BCUT2D eigenvalue weighted by Gasteiger charge is 2.25. The van der Waals surface area contributed by atoms with Gasteiger partial charge in [0.05, 0.1) is 11.9 Å². The van der Waals surface area contributed by atoms with E-state index < -0.39 is 23.1 Å². The summed E-state index contributed by atoms with van der Waals surface area (Å²) in [5, 5.41) is 11.2. The quantitative estimate of drug-likeness (QED) is 0.460. The van der Waals surface area contributed by atoms with Gasteiger partial charge in [-0.2, -0.15) is 0 Å². The zero-order valence-corrected chi connectivity index (χ0v) is 18.5. The summed E-state index contributed by atoms with van der Waals surface area (Å²) >= 11 is 0. The van der Waals surface area contributed by atoms with Crippen LogP contribution in [0.25, 0.3) is 34.3 Å². The van der Waals surface area contributed by atoms with Crippen LogP contribution in [0.2, 0.25) is 0 Å². The van der Waals surface area contributed by atoms with Gasteiger partial charge in [-0.05, 0) is 37.2 Å². The van der Waals surface area contributed by atoms with E-state index in [4.69, 9.17) is 10.2 Å². The highest BCUT2D eigenvalue weighted by molar-refractivity contribution is 5.95. The number of aromatic nitrogens is 4. The van der Waals surface area contributed by atoms with Crippen molar-refractivity contribution in [1.82, 2.24) is 30.4 Å². The number of anilines is 1. The third kappa shape index (κ3) is 4.58. The highest BCUT2D eigenvalue weighted by Crippen LogP contribution is 2.29. The number of benzene rings is 2. The molecule has 1 aliphatic rings. The molecule has 2 aromatic carbocycles. The molecule has 0 bridgehead atoms. The Morgan fingerprint density at radius 2 is 1.74 bits per heavy atom. The molecular formula is C24H21F2N7O2. The van der Waals surface area contributed by atoms with Crippen LogP contribution in [0.5, 0.6) is 0 Å². The van der Waals surface area contributed by atoms with Gasteiger partial charge in [0.2, 0.25) is 5.89 Å². The number of rotatable bonds is 4. The van der Waals surface area contributed by atoms with Crippen molar-refractivity contribution >= 4 is 11.7 Å². The Labute approximate surface area is 199 Å². The van der Waals surface area contributed by atoms with Crippen molar-refractivity contribution in [1.29, 1.82) is 0 Å². The molecule has 0 spiro atoms. The van der Waals surface area contributed by atoms with Gasteiger partial charge in [0, 0.05) is 30.8 Å². The van der Waals surface area contributed by atoms with E-state index >= 15 is 0 Å². The molecule has 0 unspecified atom stereocenters. The van der Waals surface area contributed by atoms with Gasteiger partial charge >= 0.3 is 0 Å². The van der Waals surface area contributed by atoms with Gasteiger partial charge in [-0.15, -0.1) is 10.2 Å². The topological polar surface area (TPSA) is 123 Å². The number of nitrogens with two attached hydrogens (primary N) is 1. The van der Waals surface area contributed by atoms with E-state index in [1.807, 2.05) is 18.2 Å². The van der Waals surface area contributed by atoms with Crippen LogP contribution in [0.15, 0.2) is 53.1 Å². The summed E-state index contributed by atoms with van der Waals surface area (Å²) in [7, 11) is 0. The van der Waals surface area contributed by atoms with E-state index in [9.17, 15) is 13.6 Å². The Balaban J connectivity index is 1.47. The van der Waals surface area contributed by atoms with Crippen LogP contribution < -0.4 is 11.1 Å². The van der Waals surface area contributed by atoms with Gasteiger partial charge in [0.1, 0.15) is 17.2 Å². The first-order valence-corrected chi connectivity index (χ1v) is 11.0. The second-order valence-corrected chi connectivity index (χ2v) is 7.98. The summed E-state index contributed by atoms with van der Waals surface area (Å²) in [6.07, 6.45) is 1.99. The molecule has 3 heterocycles. The van der Waals surface area contributed by atoms with Gasteiger partial charge in [-0.1, -0.05) is 18.2 Å². The molecule has 2 aromatic heterocycles. The van der Waals surface area contributed by atoms with Crippen molar-refractivity contribution in [3.8, 4) is 34.3 Å². The molecule has 4 aromatic rings. The molecule has 0 saturated carbocycles. The number of hydrogen-bond donors (Lipinski definition) is 2. The number of hydrogen-bond acceptors (Lipinski definition) is 8. The van der Waals surface area contributed by atoms with Crippen molar-refractivity contribution in [2.45, 2.75) is 6.42 Å². The first-order chi connectivity index (χ1) is 17.0. The summed E-state index contributed by atoms with van der Waals surface area (Å²) in [5.74, 6) is -2.36. The monoisotopic (exact) mass is 477 g/mol. The van der Waals surface area contributed by atoms with Crippen molar-refractivity contribution in [3.05, 3.63) is 65.9 Å². The highest BCUT2D eigenvalue weighted by atomic mass is 19.1. The van der Waals surface area contributed by atoms with Crippen LogP contribution in [0, 0.1) is 11.6 Å². The molecule has 1 saturated heterocycles. The fourth-order valence-corrected chi connectivity index (χ4v) is 3.84. The van der Waals surface area contributed by atoms with Crippen LogP contribution in [-0.4, -0.2) is 57.2 Å². The van der Waals surface area contributed by atoms with E-state index in [1.165, 1.54) is 11.1 Å². The molecule has 1 amide bonds. The largest absolute Gasteiger partial charge is 0.414 e. The lowest BCUT2D eigenvalue weighted by Crippen LogP contribution is -2.35. The number of halogens is 2. The van der Waals surface area contributed by atoms with Gasteiger partial charge in [-0.3, -0.25) is 4.79 Å². The maximum atomic E-state index is 15.0. The minimum absolute atomic E-state index is 0.0122. The Kier molecular flexibility index (Phi) is 6.15. The SMILES string of the molecule is Nc1ncc(-c2cc(F)c(C(=O)N3CCCNCC3)c(F)c2)nc1-c1nnc(-c2ccccc2)o1. The van der Waals surface area contributed by atoms with Crippen LogP contribution in [0.4, 0.5) is 14.6 Å². The van der Waals surface area contributed by atoms with Crippen LogP contribution >= 0.6 is 0 Å². The molecule has 178 valence electrons. The number of nitrogen functional groups attached to an aromatic ring is 1. The zero-order valence-electron chi connectivity index (χ0n) is 18.5. The first-order valence-electron chi connectivity index (χ1n) is 11.0. The average molecular weight is 477 g/mol. The van der Waals surface area contributed by atoms with Gasteiger partial charge in [0.25, 0.3) is 11.8 Å². The normalized spacial score (nSPS) is 14.1. The maximum Gasteiger partial charge on any atom is 0.270 e. The minimum atomic E-state index is -0.980. The molecule has 35 heavy (non-hydrogen) atoms. The van der Waals surface area contributed by atoms with Crippen molar-refractivity contribution in [2.75, 3.05) is 31.9 Å². The summed E-state index contributed by atoms with van der Waals surface area (Å²) in [4.78, 5) is 22.7. The molecular weight excluding hydrogens is 456 g/mol. The predicted octanol–water partition coefficient (Wildman–Crippen LogP) is 3.16. The predicted molar refractivity (Wildman–Crippen MR) is 124 cm³/mol. The molecule has 0 atom stereocenters. The van der Waals surface area contributed by atoms with E-state index in [-0.39, 0.29) is 34.6 Å². The lowest BCUT2D eigenvalue weighted by Gasteiger charge is -2.20. The van der Waals surface area contributed by atoms with Crippen LogP contribution in [0.1, 0.15) is 16.8 Å². The standard InChI is InChI=1S/C24H21F2N7O2/c25-16-11-15(12-17(26)19(16)24(34)33-9-4-7-28-8-10-33)18-13-29-21(27)20(30-18)23-32-31-22(35-23)14-5-2-1-3-6-14/h1-3,5-6,11-13,28H,4,7-10H2,(H2,27,29). The fourth-order valence-electron chi connectivity index (χ4n) is 3.84. The van der Waals surface area contributed by atoms with Crippen molar-refractivity contribution < 1.29 is 18.0 Å². The Hall–Kier alpha value is -4.25. The Bertz CT molecular complexity index is 1350.